The van der Waals surface area contributed by atoms with Gasteiger partial charge in [-0.15, -0.1) is 11.8 Å². The first-order valence-corrected chi connectivity index (χ1v) is 12.3. The number of nitrogens with zero attached hydrogens (tertiary/aromatic N) is 4. The minimum Gasteiger partial charge on any atom is -0.379 e. The predicted octanol–water partition coefficient (Wildman–Crippen LogP) is 1.86. The maximum Gasteiger partial charge on any atom is 0.243 e. The number of likely N-dealkylation sites (N-methyl/N-ethyl adjacent to an activating group) is 1. The van der Waals surface area contributed by atoms with Gasteiger partial charge in [-0.3, -0.25) is 9.69 Å². The van der Waals surface area contributed by atoms with Crippen LogP contribution in [-0.4, -0.2) is 105 Å². The van der Waals surface area contributed by atoms with Crippen LogP contribution in [-0.2, 0) is 9.53 Å². The minimum absolute atomic E-state index is 0.0306. The summed E-state index contributed by atoms with van der Waals surface area (Å²) in [6.45, 7) is 7.82. The Morgan fingerprint density at radius 3 is 2.74 bits per heavy atom. The number of morpholine rings is 1. The maximum absolute atomic E-state index is 12.1. The summed E-state index contributed by atoms with van der Waals surface area (Å²) in [5.74, 6) is 2.66. The van der Waals surface area contributed by atoms with E-state index in [0.717, 1.165) is 77.0 Å². The van der Waals surface area contributed by atoms with Gasteiger partial charge in [0.1, 0.15) is 6.54 Å². The number of thioether (sulfide) groups is 1. The highest BCUT2D eigenvalue weighted by Crippen LogP contribution is 2.25. The van der Waals surface area contributed by atoms with Crippen molar-refractivity contribution in [3.05, 3.63) is 30.3 Å². The Hall–Kier alpha value is -1.77. The van der Waals surface area contributed by atoms with Crippen LogP contribution < -0.4 is 5.32 Å². The molecule has 3 rings (SSSR count). The summed E-state index contributed by atoms with van der Waals surface area (Å²) in [6, 6.07) is 10.6. The van der Waals surface area contributed by atoms with Crippen LogP contribution in [0, 0.1) is 5.92 Å². The fourth-order valence-electron chi connectivity index (χ4n) is 3.77. The molecule has 2 aliphatic heterocycles. The monoisotopic (exact) mass is 447 g/mol. The number of rotatable bonds is 9. The molecular weight excluding hydrogens is 410 g/mol. The first-order valence-electron chi connectivity index (χ1n) is 11.3. The van der Waals surface area contributed by atoms with Crippen molar-refractivity contribution >= 4 is 23.6 Å². The summed E-state index contributed by atoms with van der Waals surface area (Å²) < 4.78 is 5.42. The molecule has 1 atom stereocenters. The molecule has 0 spiro atoms. The third kappa shape index (κ3) is 8.35. The van der Waals surface area contributed by atoms with Gasteiger partial charge in [-0.2, -0.15) is 0 Å². The van der Waals surface area contributed by atoms with Crippen LogP contribution in [0.2, 0.25) is 0 Å². The Morgan fingerprint density at radius 2 is 2.00 bits per heavy atom. The van der Waals surface area contributed by atoms with Gasteiger partial charge in [-0.05, 0) is 37.4 Å². The quantitative estimate of drug-likeness (QED) is 0.270. The van der Waals surface area contributed by atoms with Crippen LogP contribution in [0.5, 0.6) is 0 Å². The standard InChI is InChI=1S/C23H37N5O2S/c1-26(2)22(29)17-25-23(24-10-6-11-27-13-15-30-16-14-27)28-12-9-20(18-28)19-31-21-7-4-3-5-8-21/h3-5,7-8,20H,6,9-19H2,1-2H3,(H,24,25). The molecule has 1 N–H and O–H groups in total. The summed E-state index contributed by atoms with van der Waals surface area (Å²) in [6.07, 6.45) is 2.22. The largest absolute Gasteiger partial charge is 0.379 e. The molecule has 0 bridgehead atoms. The normalized spacial score (nSPS) is 20.1. The van der Waals surface area contributed by atoms with Gasteiger partial charge in [0.2, 0.25) is 5.91 Å². The average Bonchev–Trinajstić information content (AvgIpc) is 3.27. The molecule has 1 aromatic rings. The Kier molecular flexibility index (Phi) is 9.96. The van der Waals surface area contributed by atoms with Crippen LogP contribution in [0.1, 0.15) is 12.8 Å². The number of nitrogens with one attached hydrogen (secondary N) is 1. The SMILES string of the molecule is CN(C)C(=O)CN=C(NCCCN1CCOCC1)N1CCC(CSc2ccccc2)C1. The van der Waals surface area contributed by atoms with Crippen molar-refractivity contribution in [1.82, 2.24) is 20.0 Å². The van der Waals surface area contributed by atoms with E-state index in [1.807, 2.05) is 11.8 Å². The summed E-state index contributed by atoms with van der Waals surface area (Å²) in [4.78, 5) is 24.4. The van der Waals surface area contributed by atoms with E-state index >= 15 is 0 Å². The van der Waals surface area contributed by atoms with Gasteiger partial charge >= 0.3 is 0 Å². The van der Waals surface area contributed by atoms with E-state index in [-0.39, 0.29) is 12.5 Å². The predicted molar refractivity (Wildman–Crippen MR) is 128 cm³/mol. The first kappa shape index (κ1) is 23.9. The molecule has 2 aliphatic rings. The van der Waals surface area contributed by atoms with E-state index in [0.29, 0.717) is 5.92 Å². The summed E-state index contributed by atoms with van der Waals surface area (Å²) in [5, 5.41) is 3.53. The van der Waals surface area contributed by atoms with Gasteiger partial charge in [0, 0.05) is 57.5 Å². The molecule has 1 aromatic carbocycles. The molecule has 2 heterocycles. The Bertz CT molecular complexity index is 694. The molecule has 8 heteroatoms. The molecule has 2 saturated heterocycles. The van der Waals surface area contributed by atoms with Gasteiger partial charge in [-0.25, -0.2) is 4.99 Å². The van der Waals surface area contributed by atoms with Gasteiger partial charge in [0.15, 0.2) is 5.96 Å². The summed E-state index contributed by atoms with van der Waals surface area (Å²) in [5.41, 5.74) is 0. The van der Waals surface area contributed by atoms with Gasteiger partial charge < -0.3 is 19.9 Å². The van der Waals surface area contributed by atoms with Crippen molar-refractivity contribution in [3.63, 3.8) is 0 Å². The number of likely N-dealkylation sites (tertiary alicyclic amines) is 1. The zero-order valence-corrected chi connectivity index (χ0v) is 19.8. The van der Waals surface area contributed by atoms with Crippen LogP contribution >= 0.6 is 11.8 Å². The molecule has 1 unspecified atom stereocenters. The van der Waals surface area contributed by atoms with Crippen molar-refractivity contribution in [2.45, 2.75) is 17.7 Å². The lowest BCUT2D eigenvalue weighted by molar-refractivity contribution is -0.127. The van der Waals surface area contributed by atoms with Crippen LogP contribution in [0.4, 0.5) is 0 Å². The lowest BCUT2D eigenvalue weighted by Crippen LogP contribution is -2.43. The number of hydrogen-bond acceptors (Lipinski definition) is 5. The fraction of sp³-hybridized carbons (Fsp3) is 0.652. The topological polar surface area (TPSA) is 60.4 Å². The Labute approximate surface area is 191 Å². The number of guanidine groups is 1. The third-order valence-corrected chi connectivity index (χ3v) is 6.96. The van der Waals surface area contributed by atoms with E-state index in [4.69, 9.17) is 4.74 Å². The smallest absolute Gasteiger partial charge is 0.243 e. The number of carbonyl (C=O) groups excluding carboxylic acids is 1. The van der Waals surface area contributed by atoms with Crippen molar-refractivity contribution in [3.8, 4) is 0 Å². The van der Waals surface area contributed by atoms with E-state index < -0.39 is 0 Å². The van der Waals surface area contributed by atoms with Crippen LogP contribution in [0.15, 0.2) is 40.2 Å². The van der Waals surface area contributed by atoms with Crippen molar-refractivity contribution in [1.29, 1.82) is 0 Å². The maximum atomic E-state index is 12.1. The summed E-state index contributed by atoms with van der Waals surface area (Å²) in [7, 11) is 3.56. The summed E-state index contributed by atoms with van der Waals surface area (Å²) >= 11 is 1.93. The molecule has 0 aliphatic carbocycles. The zero-order chi connectivity index (χ0) is 21.9. The molecule has 31 heavy (non-hydrogen) atoms. The molecule has 0 aromatic heterocycles. The van der Waals surface area contributed by atoms with Crippen molar-refractivity contribution in [2.75, 3.05) is 78.9 Å². The number of aliphatic imine (C=N–C) groups is 1. The fourth-order valence-corrected chi connectivity index (χ4v) is 4.82. The molecule has 2 fully saturated rings. The van der Waals surface area contributed by atoms with E-state index in [9.17, 15) is 4.79 Å². The van der Waals surface area contributed by atoms with Gasteiger partial charge in [0.05, 0.1) is 13.2 Å². The second kappa shape index (κ2) is 12.9. The molecular formula is C23H37N5O2S. The van der Waals surface area contributed by atoms with Crippen LogP contribution in [0.3, 0.4) is 0 Å². The number of benzene rings is 1. The third-order valence-electron chi connectivity index (χ3n) is 5.72. The minimum atomic E-state index is 0.0306. The zero-order valence-electron chi connectivity index (χ0n) is 19.0. The van der Waals surface area contributed by atoms with Gasteiger partial charge in [0.25, 0.3) is 0 Å². The van der Waals surface area contributed by atoms with E-state index in [1.54, 1.807) is 19.0 Å². The average molecular weight is 448 g/mol. The molecule has 0 radical (unpaired) electrons. The van der Waals surface area contributed by atoms with E-state index in [1.165, 1.54) is 4.90 Å². The number of amides is 1. The number of hydrogen-bond donors (Lipinski definition) is 1. The van der Waals surface area contributed by atoms with E-state index in [2.05, 4.69) is 50.4 Å². The van der Waals surface area contributed by atoms with Crippen LogP contribution in [0.25, 0.3) is 0 Å². The lowest BCUT2D eigenvalue weighted by Gasteiger charge is -2.27. The second-order valence-corrected chi connectivity index (χ2v) is 9.48. The molecule has 172 valence electrons. The number of carbonyl (C=O) groups is 1. The second-order valence-electron chi connectivity index (χ2n) is 8.39. The van der Waals surface area contributed by atoms with Crippen molar-refractivity contribution < 1.29 is 9.53 Å². The number of ether oxygens (including phenoxy) is 1. The highest BCUT2D eigenvalue weighted by atomic mass is 32.2. The highest BCUT2D eigenvalue weighted by Gasteiger charge is 2.25. The molecule has 1 amide bonds. The van der Waals surface area contributed by atoms with Crippen molar-refractivity contribution in [2.24, 2.45) is 10.9 Å². The molecule has 7 nitrogen and oxygen atoms in total. The van der Waals surface area contributed by atoms with Gasteiger partial charge in [-0.1, -0.05) is 18.2 Å². The lowest BCUT2D eigenvalue weighted by atomic mass is 10.2. The Morgan fingerprint density at radius 1 is 1.23 bits per heavy atom. The molecule has 0 saturated carbocycles. The Balaban J connectivity index is 1.48. The first-order chi connectivity index (χ1) is 15.1. The highest BCUT2D eigenvalue weighted by molar-refractivity contribution is 7.99.